The van der Waals surface area contributed by atoms with Gasteiger partial charge in [-0.2, -0.15) is 0 Å². The van der Waals surface area contributed by atoms with Crippen LogP contribution in [-0.4, -0.2) is 90.7 Å². The number of carbonyl (C=O) groups is 1. The Morgan fingerprint density at radius 2 is 1.70 bits per heavy atom. The second-order valence-electron chi connectivity index (χ2n) is 7.14. The van der Waals surface area contributed by atoms with Crippen molar-refractivity contribution < 1.29 is 22.7 Å². The van der Waals surface area contributed by atoms with Crippen LogP contribution in [0.5, 0.6) is 11.5 Å². The summed E-state index contributed by atoms with van der Waals surface area (Å²) in [5.74, 6) is 0.609. The van der Waals surface area contributed by atoms with E-state index in [4.69, 9.17) is 9.47 Å². The first-order valence-electron chi connectivity index (χ1n) is 10.3. The molecule has 0 unspecified atom stereocenters. The number of benzene rings is 1. The van der Waals surface area contributed by atoms with Gasteiger partial charge < -0.3 is 24.6 Å². The van der Waals surface area contributed by atoms with E-state index in [1.165, 1.54) is 32.4 Å². The Morgan fingerprint density at radius 1 is 1.03 bits per heavy atom. The standard InChI is InChI=1S/C20H34N4O5S/c1-4-23-12-14-24(15-13-23)11-5-9-21-20(25)8-10-22-30(26,27)17-6-7-18(28-2)19(16-17)29-3/h6-7,16,22H,4-5,8-15H2,1-3H3,(H,21,25). The number of piperazine rings is 1. The van der Waals surface area contributed by atoms with E-state index in [1.807, 2.05) is 0 Å². The highest BCUT2D eigenvalue weighted by atomic mass is 32.2. The van der Waals surface area contributed by atoms with Crippen LogP contribution in [0, 0.1) is 0 Å². The summed E-state index contributed by atoms with van der Waals surface area (Å²) in [6, 6.07) is 4.36. The zero-order valence-corrected chi connectivity index (χ0v) is 19.0. The number of amides is 1. The third-order valence-corrected chi connectivity index (χ3v) is 6.65. The summed E-state index contributed by atoms with van der Waals surface area (Å²) in [6.45, 7) is 9.20. The number of likely N-dealkylation sites (N-methyl/N-ethyl adjacent to an activating group) is 1. The number of ether oxygens (including phenoxy) is 2. The highest BCUT2D eigenvalue weighted by molar-refractivity contribution is 7.89. The van der Waals surface area contributed by atoms with Crippen molar-refractivity contribution in [3.8, 4) is 11.5 Å². The van der Waals surface area contributed by atoms with Crippen molar-refractivity contribution >= 4 is 15.9 Å². The zero-order valence-electron chi connectivity index (χ0n) is 18.1. The number of rotatable bonds is 12. The SMILES string of the molecule is CCN1CCN(CCCNC(=O)CCNS(=O)(=O)c2ccc(OC)c(OC)c2)CC1. The van der Waals surface area contributed by atoms with E-state index in [-0.39, 0.29) is 23.8 Å². The summed E-state index contributed by atoms with van der Waals surface area (Å²) < 4.78 is 37.5. The fourth-order valence-electron chi connectivity index (χ4n) is 3.31. The molecular weight excluding hydrogens is 408 g/mol. The van der Waals surface area contributed by atoms with E-state index < -0.39 is 10.0 Å². The molecule has 30 heavy (non-hydrogen) atoms. The van der Waals surface area contributed by atoms with Crippen LogP contribution >= 0.6 is 0 Å². The Bertz CT molecular complexity index is 779. The molecular formula is C20H34N4O5S. The van der Waals surface area contributed by atoms with E-state index in [1.54, 1.807) is 0 Å². The van der Waals surface area contributed by atoms with Crippen LogP contribution in [0.3, 0.4) is 0 Å². The Labute approximate surface area is 179 Å². The highest BCUT2D eigenvalue weighted by Gasteiger charge is 2.17. The molecule has 2 N–H and O–H groups in total. The molecule has 9 nitrogen and oxygen atoms in total. The molecule has 1 heterocycles. The van der Waals surface area contributed by atoms with Crippen LogP contribution in [0.2, 0.25) is 0 Å². The number of carbonyl (C=O) groups excluding carboxylic acids is 1. The maximum atomic E-state index is 12.4. The van der Waals surface area contributed by atoms with Crippen LogP contribution < -0.4 is 19.5 Å². The van der Waals surface area contributed by atoms with Crippen LogP contribution in [0.15, 0.2) is 23.1 Å². The maximum absolute atomic E-state index is 12.4. The van der Waals surface area contributed by atoms with Gasteiger partial charge in [-0.05, 0) is 31.6 Å². The Hall–Kier alpha value is -1.88. The second-order valence-corrected chi connectivity index (χ2v) is 8.91. The lowest BCUT2D eigenvalue weighted by atomic mass is 10.3. The molecule has 0 spiro atoms. The molecule has 170 valence electrons. The summed E-state index contributed by atoms with van der Waals surface area (Å²) in [4.78, 5) is 16.9. The average molecular weight is 443 g/mol. The molecule has 1 saturated heterocycles. The number of nitrogens with one attached hydrogen (secondary N) is 2. The number of hydrogen-bond acceptors (Lipinski definition) is 7. The number of methoxy groups -OCH3 is 2. The highest BCUT2D eigenvalue weighted by Crippen LogP contribution is 2.29. The van der Waals surface area contributed by atoms with E-state index in [2.05, 4.69) is 26.8 Å². The second kappa shape index (κ2) is 12.1. The summed E-state index contributed by atoms with van der Waals surface area (Å²) in [7, 11) is -0.813. The first-order chi connectivity index (χ1) is 14.4. The molecule has 10 heteroatoms. The van der Waals surface area contributed by atoms with Crippen molar-refractivity contribution in [2.24, 2.45) is 0 Å². The van der Waals surface area contributed by atoms with Crippen LogP contribution in [0.1, 0.15) is 19.8 Å². The molecule has 0 bridgehead atoms. The molecule has 1 amide bonds. The summed E-state index contributed by atoms with van der Waals surface area (Å²) in [5.41, 5.74) is 0. The van der Waals surface area contributed by atoms with Gasteiger partial charge >= 0.3 is 0 Å². The van der Waals surface area contributed by atoms with Crippen molar-refractivity contribution in [3.63, 3.8) is 0 Å². The van der Waals surface area contributed by atoms with Crippen molar-refractivity contribution in [2.45, 2.75) is 24.7 Å². The quantitative estimate of drug-likeness (QED) is 0.455. The molecule has 1 aromatic carbocycles. The molecule has 0 saturated carbocycles. The van der Waals surface area contributed by atoms with Gasteiger partial charge in [0.1, 0.15) is 0 Å². The Morgan fingerprint density at radius 3 is 2.33 bits per heavy atom. The minimum atomic E-state index is -3.74. The fraction of sp³-hybridized carbons (Fsp3) is 0.650. The average Bonchev–Trinajstić information content (AvgIpc) is 2.76. The summed E-state index contributed by atoms with van der Waals surface area (Å²) >= 11 is 0. The third-order valence-electron chi connectivity index (χ3n) is 5.19. The lowest BCUT2D eigenvalue weighted by molar-refractivity contribution is -0.120. The summed E-state index contributed by atoms with van der Waals surface area (Å²) in [5, 5.41) is 2.85. The van der Waals surface area contributed by atoms with Crippen molar-refractivity contribution in [1.29, 1.82) is 0 Å². The van der Waals surface area contributed by atoms with Gasteiger partial charge in [0.25, 0.3) is 0 Å². The van der Waals surface area contributed by atoms with Crippen LogP contribution in [0.4, 0.5) is 0 Å². The first-order valence-corrected chi connectivity index (χ1v) is 11.8. The van der Waals surface area contributed by atoms with Gasteiger partial charge in [0.15, 0.2) is 11.5 Å². The molecule has 1 fully saturated rings. The number of hydrogen-bond donors (Lipinski definition) is 2. The topological polar surface area (TPSA) is 100 Å². The van der Waals surface area contributed by atoms with E-state index in [9.17, 15) is 13.2 Å². The molecule has 0 atom stereocenters. The van der Waals surface area contributed by atoms with Gasteiger partial charge in [0.05, 0.1) is 19.1 Å². The molecule has 1 aromatic rings. The van der Waals surface area contributed by atoms with Gasteiger partial charge in [-0.25, -0.2) is 13.1 Å². The van der Waals surface area contributed by atoms with E-state index in [0.29, 0.717) is 18.0 Å². The van der Waals surface area contributed by atoms with E-state index in [0.717, 1.165) is 45.7 Å². The monoisotopic (exact) mass is 442 g/mol. The largest absolute Gasteiger partial charge is 0.493 e. The Balaban J connectivity index is 1.66. The van der Waals surface area contributed by atoms with Gasteiger partial charge in [-0.3, -0.25) is 4.79 Å². The number of nitrogens with zero attached hydrogens (tertiary/aromatic N) is 2. The van der Waals surface area contributed by atoms with Gasteiger partial charge in [0, 0.05) is 51.8 Å². The smallest absolute Gasteiger partial charge is 0.240 e. The minimum absolute atomic E-state index is 0.0293. The molecule has 0 aliphatic carbocycles. The molecule has 1 aliphatic rings. The molecule has 2 rings (SSSR count). The minimum Gasteiger partial charge on any atom is -0.493 e. The van der Waals surface area contributed by atoms with Crippen molar-refractivity contribution in [3.05, 3.63) is 18.2 Å². The maximum Gasteiger partial charge on any atom is 0.240 e. The fourth-order valence-corrected chi connectivity index (χ4v) is 4.36. The molecule has 0 aromatic heterocycles. The van der Waals surface area contributed by atoms with Crippen LogP contribution in [0.25, 0.3) is 0 Å². The predicted molar refractivity (Wildman–Crippen MR) is 116 cm³/mol. The normalized spacial score (nSPS) is 15.7. The first kappa shape index (κ1) is 24.4. The lowest BCUT2D eigenvalue weighted by Gasteiger charge is -2.33. The third kappa shape index (κ3) is 7.42. The van der Waals surface area contributed by atoms with Crippen LogP contribution in [-0.2, 0) is 14.8 Å². The van der Waals surface area contributed by atoms with Crippen molar-refractivity contribution in [2.75, 3.05) is 66.6 Å². The Kier molecular flexibility index (Phi) is 9.83. The summed E-state index contributed by atoms with van der Waals surface area (Å²) in [6.07, 6.45) is 0.969. The van der Waals surface area contributed by atoms with Crippen molar-refractivity contribution in [1.82, 2.24) is 19.8 Å². The van der Waals surface area contributed by atoms with Gasteiger partial charge in [-0.15, -0.1) is 0 Å². The van der Waals surface area contributed by atoms with E-state index >= 15 is 0 Å². The lowest BCUT2D eigenvalue weighted by Crippen LogP contribution is -2.46. The van der Waals surface area contributed by atoms with Gasteiger partial charge in [-0.1, -0.05) is 6.92 Å². The zero-order chi connectivity index (χ0) is 22.0. The van der Waals surface area contributed by atoms with Gasteiger partial charge in [0.2, 0.25) is 15.9 Å². The predicted octanol–water partition coefficient (Wildman–Crippen LogP) is 0.516. The molecule has 1 aliphatic heterocycles. The number of sulfonamides is 1. The molecule has 0 radical (unpaired) electrons.